The Morgan fingerprint density at radius 3 is 2.93 bits per heavy atom. The Hall–Kier alpha value is -0.870. The molecule has 0 aliphatic rings. The van der Waals surface area contributed by atoms with Gasteiger partial charge in [0.1, 0.15) is 5.52 Å². The minimum atomic E-state index is 0.529. The fraction of sp³-hybridized carbons (Fsp3) is 0.300. The first-order valence-electron chi connectivity index (χ1n) is 4.62. The maximum atomic E-state index is 5.71. The fourth-order valence-electron chi connectivity index (χ4n) is 1.65. The summed E-state index contributed by atoms with van der Waals surface area (Å²) in [6, 6.07) is 6.06. The molecule has 2 N–H and O–H groups in total. The van der Waals surface area contributed by atoms with Crippen molar-refractivity contribution in [3.8, 4) is 0 Å². The van der Waals surface area contributed by atoms with Crippen LogP contribution in [0.3, 0.4) is 0 Å². The molecule has 1 heterocycles. The highest BCUT2D eigenvalue weighted by Crippen LogP contribution is 2.25. The molecule has 0 radical (unpaired) electrons. The summed E-state index contributed by atoms with van der Waals surface area (Å²) >= 11 is 3.49. The molecular formula is C10H12BrN3. The molecule has 2 aromatic rings. The highest BCUT2D eigenvalue weighted by atomic mass is 79.9. The lowest BCUT2D eigenvalue weighted by Gasteiger charge is -2.00. The molecule has 1 aromatic heterocycles. The Morgan fingerprint density at radius 2 is 2.29 bits per heavy atom. The van der Waals surface area contributed by atoms with E-state index in [-0.39, 0.29) is 0 Å². The summed E-state index contributed by atoms with van der Waals surface area (Å²) in [6.45, 7) is 3.45. The van der Waals surface area contributed by atoms with Gasteiger partial charge in [-0.15, -0.1) is 0 Å². The third-order valence-electron chi connectivity index (χ3n) is 2.32. The molecule has 2 rings (SSSR count). The molecule has 0 saturated carbocycles. The molecule has 0 unspecified atom stereocenters. The van der Waals surface area contributed by atoms with Crippen molar-refractivity contribution in [1.82, 2.24) is 9.78 Å². The molecule has 14 heavy (non-hydrogen) atoms. The van der Waals surface area contributed by atoms with Gasteiger partial charge in [-0.2, -0.15) is 5.10 Å². The van der Waals surface area contributed by atoms with Gasteiger partial charge in [0.25, 0.3) is 0 Å². The van der Waals surface area contributed by atoms with Gasteiger partial charge in [0, 0.05) is 22.9 Å². The highest BCUT2D eigenvalue weighted by molar-refractivity contribution is 9.10. The van der Waals surface area contributed by atoms with E-state index in [1.54, 1.807) is 0 Å². The van der Waals surface area contributed by atoms with Gasteiger partial charge in [0.05, 0.1) is 5.69 Å². The number of fused-ring (bicyclic) bond motifs is 1. The Morgan fingerprint density at radius 1 is 1.50 bits per heavy atom. The number of nitrogens with zero attached hydrogens (tertiary/aromatic N) is 2. The van der Waals surface area contributed by atoms with Gasteiger partial charge < -0.3 is 5.73 Å². The zero-order valence-corrected chi connectivity index (χ0v) is 9.58. The number of benzene rings is 1. The minimum absolute atomic E-state index is 0.529. The van der Waals surface area contributed by atoms with Gasteiger partial charge in [-0.05, 0) is 28.9 Å². The normalized spacial score (nSPS) is 11.1. The average molecular weight is 254 g/mol. The molecule has 74 valence electrons. The number of hydrogen-bond acceptors (Lipinski definition) is 2. The first-order valence-corrected chi connectivity index (χ1v) is 5.41. The molecule has 4 heteroatoms. The van der Waals surface area contributed by atoms with Crippen LogP contribution in [-0.2, 0) is 13.1 Å². The van der Waals surface area contributed by atoms with E-state index in [1.165, 1.54) is 0 Å². The van der Waals surface area contributed by atoms with Crippen LogP contribution in [0.25, 0.3) is 10.9 Å². The Balaban J connectivity index is 2.79. The monoisotopic (exact) mass is 253 g/mol. The topological polar surface area (TPSA) is 43.8 Å². The van der Waals surface area contributed by atoms with Crippen LogP contribution in [0.5, 0.6) is 0 Å². The van der Waals surface area contributed by atoms with Crippen molar-refractivity contribution in [2.24, 2.45) is 5.73 Å². The van der Waals surface area contributed by atoms with Gasteiger partial charge in [-0.1, -0.05) is 12.1 Å². The third kappa shape index (κ3) is 1.35. The van der Waals surface area contributed by atoms with E-state index < -0.39 is 0 Å². The van der Waals surface area contributed by atoms with Gasteiger partial charge in [0.2, 0.25) is 0 Å². The lowest BCUT2D eigenvalue weighted by molar-refractivity contribution is 0.630. The smallest absolute Gasteiger partial charge is 0.107 e. The lowest BCUT2D eigenvalue weighted by Crippen LogP contribution is -2.07. The zero-order chi connectivity index (χ0) is 10.1. The number of aromatic nitrogens is 2. The van der Waals surface area contributed by atoms with E-state index in [4.69, 9.17) is 5.73 Å². The summed E-state index contributed by atoms with van der Waals surface area (Å²) in [6.07, 6.45) is 0. The average Bonchev–Trinajstić information content (AvgIpc) is 2.57. The quantitative estimate of drug-likeness (QED) is 0.893. The van der Waals surface area contributed by atoms with Crippen LogP contribution in [0.15, 0.2) is 22.7 Å². The van der Waals surface area contributed by atoms with Crippen LogP contribution >= 0.6 is 15.9 Å². The summed E-state index contributed by atoms with van der Waals surface area (Å²) < 4.78 is 2.98. The van der Waals surface area contributed by atoms with Gasteiger partial charge in [-0.25, -0.2) is 0 Å². The molecule has 0 atom stereocenters. The summed E-state index contributed by atoms with van der Waals surface area (Å²) in [7, 11) is 0. The second-order valence-electron chi connectivity index (χ2n) is 3.10. The second kappa shape index (κ2) is 3.71. The molecule has 3 nitrogen and oxygen atoms in total. The summed E-state index contributed by atoms with van der Waals surface area (Å²) in [5, 5.41) is 5.63. The first kappa shape index (κ1) is 9.68. The fourth-order valence-corrected chi connectivity index (χ4v) is 2.09. The van der Waals surface area contributed by atoms with Crippen molar-refractivity contribution in [2.45, 2.75) is 20.0 Å². The summed E-state index contributed by atoms with van der Waals surface area (Å²) in [4.78, 5) is 0. The van der Waals surface area contributed by atoms with Crippen LogP contribution < -0.4 is 5.73 Å². The molecular weight excluding hydrogens is 242 g/mol. The molecule has 0 fully saturated rings. The molecule has 0 spiro atoms. The van der Waals surface area contributed by atoms with Crippen molar-refractivity contribution in [3.63, 3.8) is 0 Å². The maximum Gasteiger partial charge on any atom is 0.107 e. The summed E-state index contributed by atoms with van der Waals surface area (Å²) in [5.74, 6) is 0. The van der Waals surface area contributed by atoms with E-state index in [0.29, 0.717) is 6.54 Å². The van der Waals surface area contributed by atoms with Crippen LogP contribution in [0.4, 0.5) is 0 Å². The second-order valence-corrected chi connectivity index (χ2v) is 3.96. The van der Waals surface area contributed by atoms with Crippen molar-refractivity contribution < 1.29 is 0 Å². The summed E-state index contributed by atoms with van der Waals surface area (Å²) in [5.41, 5.74) is 7.81. The highest BCUT2D eigenvalue weighted by Gasteiger charge is 2.09. The van der Waals surface area contributed by atoms with E-state index in [9.17, 15) is 0 Å². The first-order chi connectivity index (χ1) is 6.77. The Bertz CT molecular complexity index is 462. The van der Waals surface area contributed by atoms with E-state index in [2.05, 4.69) is 34.0 Å². The Kier molecular flexibility index (Phi) is 2.56. The number of aryl methyl sites for hydroxylation is 1. The number of hydrogen-bond donors (Lipinski definition) is 1. The van der Waals surface area contributed by atoms with Crippen molar-refractivity contribution in [3.05, 3.63) is 28.4 Å². The van der Waals surface area contributed by atoms with Crippen LogP contribution in [-0.4, -0.2) is 9.78 Å². The largest absolute Gasteiger partial charge is 0.325 e. The number of nitrogens with two attached hydrogens (primary N) is 1. The minimum Gasteiger partial charge on any atom is -0.325 e. The molecule has 0 bridgehead atoms. The zero-order valence-electron chi connectivity index (χ0n) is 8.00. The number of halogens is 1. The maximum absolute atomic E-state index is 5.71. The van der Waals surface area contributed by atoms with Crippen molar-refractivity contribution in [1.29, 1.82) is 0 Å². The SMILES string of the molecule is CCn1nc2c(Br)cccc2c1CN. The van der Waals surface area contributed by atoms with E-state index in [0.717, 1.165) is 27.6 Å². The van der Waals surface area contributed by atoms with Crippen molar-refractivity contribution >= 4 is 26.8 Å². The predicted octanol–water partition coefficient (Wildman–Crippen LogP) is 2.28. The van der Waals surface area contributed by atoms with Crippen LogP contribution in [0, 0.1) is 0 Å². The van der Waals surface area contributed by atoms with Gasteiger partial charge in [-0.3, -0.25) is 4.68 Å². The van der Waals surface area contributed by atoms with Crippen LogP contribution in [0.2, 0.25) is 0 Å². The van der Waals surface area contributed by atoms with Gasteiger partial charge in [0.15, 0.2) is 0 Å². The standard InChI is InChI=1S/C10H12BrN3/c1-2-14-9(6-12)7-4-3-5-8(11)10(7)13-14/h3-5H,2,6,12H2,1H3. The van der Waals surface area contributed by atoms with Gasteiger partial charge >= 0.3 is 0 Å². The lowest BCUT2D eigenvalue weighted by atomic mass is 10.2. The van der Waals surface area contributed by atoms with Crippen LogP contribution in [0.1, 0.15) is 12.6 Å². The molecule has 0 saturated heterocycles. The molecule has 0 aliphatic carbocycles. The van der Waals surface area contributed by atoms with E-state index in [1.807, 2.05) is 16.8 Å². The molecule has 0 aliphatic heterocycles. The molecule has 0 amide bonds. The van der Waals surface area contributed by atoms with E-state index >= 15 is 0 Å². The molecule has 1 aromatic carbocycles. The Labute approximate surface area is 91.0 Å². The number of rotatable bonds is 2. The predicted molar refractivity (Wildman–Crippen MR) is 61.0 cm³/mol. The van der Waals surface area contributed by atoms with Crippen molar-refractivity contribution in [2.75, 3.05) is 0 Å². The third-order valence-corrected chi connectivity index (χ3v) is 2.96.